The Bertz CT molecular complexity index is 637. The topological polar surface area (TPSA) is 54.4 Å². The molecule has 0 bridgehead atoms. The summed E-state index contributed by atoms with van der Waals surface area (Å²) in [5.41, 5.74) is 4.33. The summed E-state index contributed by atoms with van der Waals surface area (Å²) in [6.45, 7) is 3.33. The quantitative estimate of drug-likeness (QED) is 0.530. The van der Waals surface area contributed by atoms with Gasteiger partial charge in [0.25, 0.3) is 0 Å². The smallest absolute Gasteiger partial charge is 0.204 e. The Morgan fingerprint density at radius 2 is 2.21 bits per heavy atom. The van der Waals surface area contributed by atoms with Crippen molar-refractivity contribution in [1.29, 1.82) is 0 Å². The summed E-state index contributed by atoms with van der Waals surface area (Å²) in [7, 11) is 0. The van der Waals surface area contributed by atoms with Gasteiger partial charge in [0, 0.05) is 17.5 Å². The second kappa shape index (κ2) is 5.95. The highest BCUT2D eigenvalue weighted by Gasteiger charge is 2.10. The van der Waals surface area contributed by atoms with Crippen LogP contribution >= 0.6 is 22.9 Å². The van der Waals surface area contributed by atoms with Crippen molar-refractivity contribution in [3.05, 3.63) is 45.4 Å². The lowest BCUT2D eigenvalue weighted by Gasteiger charge is -1.96. The largest absolute Gasteiger partial charge is 0.294 e. The van der Waals surface area contributed by atoms with Gasteiger partial charge in [0.15, 0.2) is 5.78 Å². The maximum atomic E-state index is 11.3. The molecule has 0 fully saturated rings. The van der Waals surface area contributed by atoms with Crippen molar-refractivity contribution in [1.82, 2.24) is 4.98 Å². The minimum Gasteiger partial charge on any atom is -0.294 e. The van der Waals surface area contributed by atoms with Crippen LogP contribution in [0.2, 0.25) is 5.02 Å². The van der Waals surface area contributed by atoms with Gasteiger partial charge in [0.05, 0.1) is 16.8 Å². The van der Waals surface area contributed by atoms with Gasteiger partial charge in [0.1, 0.15) is 0 Å². The summed E-state index contributed by atoms with van der Waals surface area (Å²) >= 11 is 7.29. The van der Waals surface area contributed by atoms with Crippen LogP contribution in [0.15, 0.2) is 29.4 Å². The number of Topliss-reactive ketones (excluding diaryl/α,β-unsaturated/α-hetero) is 1. The summed E-state index contributed by atoms with van der Waals surface area (Å²) < 4.78 is 0. The number of aromatic nitrogens is 1. The summed E-state index contributed by atoms with van der Waals surface area (Å²) in [4.78, 5) is 16.2. The molecule has 0 aliphatic carbocycles. The number of hydrazone groups is 1. The molecular formula is C13H12ClN3OS. The molecule has 19 heavy (non-hydrogen) atoms. The first-order chi connectivity index (χ1) is 9.08. The van der Waals surface area contributed by atoms with E-state index in [4.69, 9.17) is 11.6 Å². The molecule has 0 saturated heterocycles. The predicted octanol–water partition coefficient (Wildman–Crippen LogP) is 3.75. The Hall–Kier alpha value is -1.72. The van der Waals surface area contributed by atoms with Crippen LogP contribution in [0.3, 0.4) is 0 Å². The molecule has 1 heterocycles. The van der Waals surface area contributed by atoms with Crippen molar-refractivity contribution >= 4 is 40.1 Å². The van der Waals surface area contributed by atoms with Crippen LogP contribution in [0.1, 0.15) is 27.9 Å². The van der Waals surface area contributed by atoms with Gasteiger partial charge in [0.2, 0.25) is 5.13 Å². The molecule has 0 atom stereocenters. The Morgan fingerprint density at radius 3 is 2.84 bits per heavy atom. The lowest BCUT2D eigenvalue weighted by molar-refractivity contribution is 0.102. The molecule has 1 aromatic heterocycles. The average Bonchev–Trinajstić information content (AvgIpc) is 2.73. The number of nitrogens with zero attached hydrogens (tertiary/aromatic N) is 2. The average molecular weight is 294 g/mol. The molecule has 2 aromatic rings. The number of nitrogens with one attached hydrogen (secondary N) is 1. The van der Waals surface area contributed by atoms with E-state index in [-0.39, 0.29) is 5.78 Å². The summed E-state index contributed by atoms with van der Waals surface area (Å²) in [6.07, 6.45) is 1.62. The van der Waals surface area contributed by atoms with E-state index in [0.717, 1.165) is 5.56 Å². The first-order valence-corrected chi connectivity index (χ1v) is 6.79. The van der Waals surface area contributed by atoms with E-state index in [0.29, 0.717) is 20.7 Å². The number of hydrogen-bond acceptors (Lipinski definition) is 5. The second-order valence-corrected chi connectivity index (χ2v) is 5.29. The molecule has 0 aliphatic rings. The normalized spacial score (nSPS) is 10.9. The maximum Gasteiger partial charge on any atom is 0.204 e. The van der Waals surface area contributed by atoms with Gasteiger partial charge in [-0.1, -0.05) is 41.1 Å². The fourth-order valence-corrected chi connectivity index (χ4v) is 2.50. The van der Waals surface area contributed by atoms with Crippen molar-refractivity contribution < 1.29 is 4.79 Å². The SMILES string of the molecule is CC(=O)c1sc(N/N=C\c2ccccc2Cl)nc1C. The van der Waals surface area contributed by atoms with Crippen LogP contribution in [0.4, 0.5) is 5.13 Å². The van der Waals surface area contributed by atoms with Gasteiger partial charge in [-0.15, -0.1) is 0 Å². The number of carbonyl (C=O) groups excluding carboxylic acids is 1. The summed E-state index contributed by atoms with van der Waals surface area (Å²) in [5.74, 6) is 0.0122. The van der Waals surface area contributed by atoms with Crippen LogP contribution in [-0.4, -0.2) is 17.0 Å². The molecule has 0 aliphatic heterocycles. The maximum absolute atomic E-state index is 11.3. The van der Waals surface area contributed by atoms with Crippen molar-refractivity contribution in [2.75, 3.05) is 5.43 Å². The Balaban J connectivity index is 2.09. The van der Waals surface area contributed by atoms with Crippen LogP contribution in [0.25, 0.3) is 0 Å². The van der Waals surface area contributed by atoms with Crippen molar-refractivity contribution in [3.8, 4) is 0 Å². The number of ketones is 1. The lowest BCUT2D eigenvalue weighted by Crippen LogP contribution is -1.90. The number of rotatable bonds is 4. The first kappa shape index (κ1) is 13.7. The van der Waals surface area contributed by atoms with Crippen LogP contribution in [-0.2, 0) is 0 Å². The number of carbonyl (C=O) groups is 1. The third-order valence-electron chi connectivity index (χ3n) is 2.39. The zero-order valence-corrected chi connectivity index (χ0v) is 12.0. The third kappa shape index (κ3) is 3.39. The minimum absolute atomic E-state index is 0.0122. The first-order valence-electron chi connectivity index (χ1n) is 5.60. The molecule has 4 nitrogen and oxygen atoms in total. The Labute approximate surface area is 120 Å². The van der Waals surface area contributed by atoms with Crippen LogP contribution < -0.4 is 5.43 Å². The lowest BCUT2D eigenvalue weighted by atomic mass is 10.2. The molecule has 6 heteroatoms. The van der Waals surface area contributed by atoms with Gasteiger partial charge >= 0.3 is 0 Å². The molecule has 0 amide bonds. The van der Waals surface area contributed by atoms with E-state index >= 15 is 0 Å². The van der Waals surface area contributed by atoms with Crippen molar-refractivity contribution in [3.63, 3.8) is 0 Å². The molecule has 0 radical (unpaired) electrons. The minimum atomic E-state index is 0.0122. The zero-order chi connectivity index (χ0) is 13.8. The second-order valence-electron chi connectivity index (χ2n) is 3.88. The molecular weight excluding hydrogens is 282 g/mol. The van der Waals surface area contributed by atoms with Crippen LogP contribution in [0, 0.1) is 6.92 Å². The molecule has 0 unspecified atom stereocenters. The monoisotopic (exact) mass is 293 g/mol. The van der Waals surface area contributed by atoms with Crippen LogP contribution in [0.5, 0.6) is 0 Å². The number of halogens is 1. The van der Waals surface area contributed by atoms with Gasteiger partial charge in [-0.3, -0.25) is 10.2 Å². The number of anilines is 1. The third-order valence-corrected chi connectivity index (χ3v) is 3.89. The molecule has 0 spiro atoms. The zero-order valence-electron chi connectivity index (χ0n) is 10.5. The molecule has 1 aromatic carbocycles. The van der Waals surface area contributed by atoms with Gasteiger partial charge in [-0.05, 0) is 13.0 Å². The number of benzene rings is 1. The fraction of sp³-hybridized carbons (Fsp3) is 0.154. The highest BCUT2D eigenvalue weighted by atomic mass is 35.5. The van der Waals surface area contributed by atoms with Gasteiger partial charge < -0.3 is 0 Å². The summed E-state index contributed by atoms with van der Waals surface area (Å²) in [6, 6.07) is 7.40. The Kier molecular flexibility index (Phi) is 4.29. The van der Waals surface area contributed by atoms with Crippen molar-refractivity contribution in [2.24, 2.45) is 5.10 Å². The highest BCUT2D eigenvalue weighted by Crippen LogP contribution is 2.22. The highest BCUT2D eigenvalue weighted by molar-refractivity contribution is 7.17. The van der Waals surface area contributed by atoms with E-state index in [9.17, 15) is 4.79 Å². The van der Waals surface area contributed by atoms with Crippen molar-refractivity contribution in [2.45, 2.75) is 13.8 Å². The van der Waals surface area contributed by atoms with E-state index in [1.807, 2.05) is 18.2 Å². The molecule has 0 saturated carbocycles. The summed E-state index contributed by atoms with van der Waals surface area (Å²) in [5, 5.41) is 5.28. The standard InChI is InChI=1S/C13H12ClN3OS/c1-8-12(9(2)18)19-13(16-8)17-15-7-10-5-3-4-6-11(10)14/h3-7H,1-2H3,(H,16,17)/b15-7-. The van der Waals surface area contributed by atoms with E-state index in [1.54, 1.807) is 19.2 Å². The fourth-order valence-electron chi connectivity index (χ4n) is 1.51. The number of hydrogen-bond donors (Lipinski definition) is 1. The van der Waals surface area contributed by atoms with Gasteiger partial charge in [-0.25, -0.2) is 4.98 Å². The van der Waals surface area contributed by atoms with E-state index in [1.165, 1.54) is 18.3 Å². The van der Waals surface area contributed by atoms with Gasteiger partial charge in [-0.2, -0.15) is 5.10 Å². The van der Waals surface area contributed by atoms with E-state index < -0.39 is 0 Å². The molecule has 2 rings (SSSR count). The predicted molar refractivity (Wildman–Crippen MR) is 79.5 cm³/mol. The molecule has 98 valence electrons. The number of aryl methyl sites for hydroxylation is 1. The number of thiazole rings is 1. The van der Waals surface area contributed by atoms with E-state index in [2.05, 4.69) is 15.5 Å². The Morgan fingerprint density at radius 1 is 1.47 bits per heavy atom. The molecule has 1 N–H and O–H groups in total.